The summed E-state index contributed by atoms with van der Waals surface area (Å²) in [7, 11) is -1.93. The lowest BCUT2D eigenvalue weighted by Crippen LogP contribution is -2.40. The molecule has 0 atom stereocenters. The monoisotopic (exact) mass is 404 g/mol. The van der Waals surface area contributed by atoms with Crippen molar-refractivity contribution in [1.82, 2.24) is 5.32 Å². The van der Waals surface area contributed by atoms with E-state index in [0.717, 1.165) is 45.8 Å². The van der Waals surface area contributed by atoms with Gasteiger partial charge in [-0.05, 0) is 67.6 Å². The van der Waals surface area contributed by atoms with Crippen LogP contribution in [0.4, 0.5) is 5.69 Å². The lowest BCUT2D eigenvalue weighted by molar-refractivity contribution is -0.119. The molecule has 0 heterocycles. The van der Waals surface area contributed by atoms with Gasteiger partial charge < -0.3 is 10.1 Å². The number of nitrogens with one attached hydrogen (secondary N) is 1. The van der Waals surface area contributed by atoms with Gasteiger partial charge in [0, 0.05) is 6.54 Å². The molecule has 0 spiro atoms. The number of hydrogen-bond donors (Lipinski definition) is 1. The number of carbonyl (C=O) groups is 1. The van der Waals surface area contributed by atoms with E-state index < -0.39 is 10.0 Å². The molecule has 2 aromatic rings. The summed E-state index contributed by atoms with van der Waals surface area (Å²) in [6.07, 6.45) is 2.69. The van der Waals surface area contributed by atoms with Crippen LogP contribution in [-0.4, -0.2) is 40.8 Å². The van der Waals surface area contributed by atoms with Crippen molar-refractivity contribution >= 4 is 21.6 Å². The van der Waals surface area contributed by atoms with E-state index >= 15 is 0 Å². The van der Waals surface area contributed by atoms with Gasteiger partial charge in [0.05, 0.1) is 19.1 Å². The fraction of sp³-hybridized carbons (Fsp3) is 0.381. The van der Waals surface area contributed by atoms with Crippen molar-refractivity contribution in [2.45, 2.75) is 26.7 Å². The first-order valence-electron chi connectivity index (χ1n) is 9.15. The SMILES string of the molecule is COc1ccc(CCCNC(=O)CN(c2ccc(C)c(C)c2)S(C)(=O)=O)cc1. The lowest BCUT2D eigenvalue weighted by atomic mass is 10.1. The van der Waals surface area contributed by atoms with Crippen LogP contribution < -0.4 is 14.4 Å². The summed E-state index contributed by atoms with van der Waals surface area (Å²) in [5, 5.41) is 2.80. The Labute approximate surface area is 167 Å². The maximum absolute atomic E-state index is 12.3. The standard InChI is InChI=1S/C21H28N2O4S/c1-16-7-10-19(14-17(16)2)23(28(4,25)26)15-21(24)22-13-5-6-18-8-11-20(27-3)12-9-18/h7-12,14H,5-6,13,15H2,1-4H3,(H,22,24). The van der Waals surface area contributed by atoms with Crippen molar-refractivity contribution in [2.24, 2.45) is 0 Å². The highest BCUT2D eigenvalue weighted by Gasteiger charge is 2.21. The highest BCUT2D eigenvalue weighted by molar-refractivity contribution is 7.92. The second-order valence-electron chi connectivity index (χ2n) is 6.84. The molecule has 0 fully saturated rings. The van der Waals surface area contributed by atoms with Crippen LogP contribution in [0.5, 0.6) is 5.75 Å². The summed E-state index contributed by atoms with van der Waals surface area (Å²) < 4.78 is 30.6. The van der Waals surface area contributed by atoms with Gasteiger partial charge in [-0.2, -0.15) is 0 Å². The summed E-state index contributed by atoms with van der Waals surface area (Å²) in [6.45, 7) is 4.12. The number of benzene rings is 2. The molecule has 0 saturated heterocycles. The highest BCUT2D eigenvalue weighted by Crippen LogP contribution is 2.21. The molecular formula is C21H28N2O4S. The second kappa shape index (κ2) is 9.59. The Morgan fingerprint density at radius 2 is 1.75 bits per heavy atom. The van der Waals surface area contributed by atoms with E-state index in [1.165, 1.54) is 0 Å². The van der Waals surface area contributed by atoms with E-state index in [4.69, 9.17) is 4.74 Å². The average molecular weight is 405 g/mol. The molecule has 7 heteroatoms. The fourth-order valence-corrected chi connectivity index (χ4v) is 3.63. The molecule has 2 aromatic carbocycles. The maximum atomic E-state index is 12.3. The van der Waals surface area contributed by atoms with Crippen LogP contribution >= 0.6 is 0 Å². The van der Waals surface area contributed by atoms with Gasteiger partial charge in [0.25, 0.3) is 0 Å². The topological polar surface area (TPSA) is 75.7 Å². The number of ether oxygens (including phenoxy) is 1. The first-order chi connectivity index (χ1) is 13.2. The summed E-state index contributed by atoms with van der Waals surface area (Å²) in [4.78, 5) is 12.3. The van der Waals surface area contributed by atoms with Gasteiger partial charge >= 0.3 is 0 Å². The highest BCUT2D eigenvalue weighted by atomic mass is 32.2. The normalized spacial score (nSPS) is 11.1. The molecule has 2 rings (SSSR count). The Kier molecular flexibility index (Phi) is 7.45. The number of carbonyl (C=O) groups excluding carboxylic acids is 1. The van der Waals surface area contributed by atoms with Gasteiger partial charge in [-0.3, -0.25) is 9.10 Å². The third-order valence-electron chi connectivity index (χ3n) is 4.59. The predicted molar refractivity (Wildman–Crippen MR) is 112 cm³/mol. The molecule has 0 bridgehead atoms. The Balaban J connectivity index is 1.90. The minimum atomic E-state index is -3.56. The van der Waals surface area contributed by atoms with Gasteiger partial charge in [-0.1, -0.05) is 18.2 Å². The molecule has 6 nitrogen and oxygen atoms in total. The molecule has 0 radical (unpaired) electrons. The van der Waals surface area contributed by atoms with E-state index in [9.17, 15) is 13.2 Å². The molecule has 0 unspecified atom stereocenters. The lowest BCUT2D eigenvalue weighted by Gasteiger charge is -2.22. The molecule has 0 aliphatic rings. The van der Waals surface area contributed by atoms with Crippen LogP contribution in [0.25, 0.3) is 0 Å². The number of rotatable bonds is 9. The number of sulfonamides is 1. The summed E-state index contributed by atoms with van der Waals surface area (Å²) in [6, 6.07) is 13.2. The molecule has 28 heavy (non-hydrogen) atoms. The molecule has 1 N–H and O–H groups in total. The molecule has 0 saturated carbocycles. The molecule has 0 aromatic heterocycles. The van der Waals surface area contributed by atoms with Gasteiger partial charge in [-0.15, -0.1) is 0 Å². The summed E-state index contributed by atoms with van der Waals surface area (Å²) >= 11 is 0. The Hall–Kier alpha value is -2.54. The fourth-order valence-electron chi connectivity index (χ4n) is 2.78. The summed E-state index contributed by atoms with van der Waals surface area (Å²) in [5.74, 6) is 0.489. The zero-order valence-electron chi connectivity index (χ0n) is 16.9. The number of aryl methyl sites for hydroxylation is 3. The van der Waals surface area contributed by atoms with Crippen molar-refractivity contribution in [1.29, 1.82) is 0 Å². The van der Waals surface area contributed by atoms with Gasteiger partial charge in [-0.25, -0.2) is 8.42 Å². The van der Waals surface area contributed by atoms with E-state index in [1.807, 2.05) is 44.2 Å². The first-order valence-corrected chi connectivity index (χ1v) is 11.0. The average Bonchev–Trinajstić information content (AvgIpc) is 2.65. The van der Waals surface area contributed by atoms with E-state index in [2.05, 4.69) is 5.32 Å². The Morgan fingerprint density at radius 3 is 2.32 bits per heavy atom. The predicted octanol–water partition coefficient (Wildman–Crippen LogP) is 2.83. The van der Waals surface area contributed by atoms with Crippen LogP contribution in [0.1, 0.15) is 23.1 Å². The van der Waals surface area contributed by atoms with Gasteiger partial charge in [0.15, 0.2) is 0 Å². The van der Waals surface area contributed by atoms with Crippen LogP contribution in [-0.2, 0) is 21.2 Å². The van der Waals surface area contributed by atoms with E-state index in [0.29, 0.717) is 12.2 Å². The second-order valence-corrected chi connectivity index (χ2v) is 8.75. The molecule has 1 amide bonds. The number of amides is 1. The minimum Gasteiger partial charge on any atom is -0.497 e. The van der Waals surface area contributed by atoms with Gasteiger partial charge in [0.1, 0.15) is 12.3 Å². The van der Waals surface area contributed by atoms with E-state index in [1.54, 1.807) is 19.2 Å². The largest absolute Gasteiger partial charge is 0.497 e. The van der Waals surface area contributed by atoms with Crippen molar-refractivity contribution in [3.05, 3.63) is 59.2 Å². The van der Waals surface area contributed by atoms with Crippen molar-refractivity contribution in [2.75, 3.05) is 30.8 Å². The zero-order chi connectivity index (χ0) is 20.7. The van der Waals surface area contributed by atoms with Crippen LogP contribution in [0, 0.1) is 13.8 Å². The first kappa shape index (κ1) is 21.8. The number of nitrogens with zero attached hydrogens (tertiary/aromatic N) is 1. The third kappa shape index (κ3) is 6.27. The number of hydrogen-bond acceptors (Lipinski definition) is 4. The molecule has 0 aliphatic carbocycles. The summed E-state index contributed by atoms with van der Waals surface area (Å²) in [5.41, 5.74) is 3.70. The maximum Gasteiger partial charge on any atom is 0.240 e. The Morgan fingerprint density at radius 1 is 1.07 bits per heavy atom. The van der Waals surface area contributed by atoms with Crippen LogP contribution in [0.3, 0.4) is 0 Å². The van der Waals surface area contributed by atoms with Crippen LogP contribution in [0.15, 0.2) is 42.5 Å². The third-order valence-corrected chi connectivity index (χ3v) is 5.73. The molecule has 152 valence electrons. The van der Waals surface area contributed by atoms with Crippen molar-refractivity contribution < 1.29 is 17.9 Å². The minimum absolute atomic E-state index is 0.232. The van der Waals surface area contributed by atoms with Crippen molar-refractivity contribution in [3.63, 3.8) is 0 Å². The van der Waals surface area contributed by atoms with E-state index in [-0.39, 0.29) is 12.5 Å². The van der Waals surface area contributed by atoms with Crippen molar-refractivity contribution in [3.8, 4) is 5.75 Å². The quantitative estimate of drug-likeness (QED) is 0.652. The molecular weight excluding hydrogens is 376 g/mol. The molecule has 0 aliphatic heterocycles. The number of anilines is 1. The van der Waals surface area contributed by atoms with Crippen LogP contribution in [0.2, 0.25) is 0 Å². The zero-order valence-corrected chi connectivity index (χ0v) is 17.7. The smallest absolute Gasteiger partial charge is 0.240 e. The Bertz CT molecular complexity index is 909. The van der Waals surface area contributed by atoms with Gasteiger partial charge in [0.2, 0.25) is 15.9 Å². The number of methoxy groups -OCH3 is 1.